The molecule has 1 aromatic heterocycles. The molecule has 1 nitrogen and oxygen atoms in total. The summed E-state index contributed by atoms with van der Waals surface area (Å²) >= 11 is 2.89. The molecule has 0 spiro atoms. The highest BCUT2D eigenvalue weighted by molar-refractivity contribution is 9.10. The second kappa shape index (κ2) is 2.48. The summed E-state index contributed by atoms with van der Waals surface area (Å²) in [6, 6.07) is 1.21. The van der Waals surface area contributed by atoms with Crippen LogP contribution in [-0.2, 0) is 0 Å². The van der Waals surface area contributed by atoms with Crippen LogP contribution in [0.2, 0.25) is 0 Å². The predicted molar refractivity (Wildman–Crippen MR) is 37.3 cm³/mol. The second-order valence-electron chi connectivity index (χ2n) is 1.54. The zero-order valence-electron chi connectivity index (χ0n) is 4.44. The Labute approximate surface area is 61.8 Å². The van der Waals surface area contributed by atoms with Gasteiger partial charge in [0.2, 0.25) is 0 Å². The van der Waals surface area contributed by atoms with Crippen LogP contribution in [0.15, 0.2) is 16.9 Å². The maximum absolute atomic E-state index is 12.4. The normalized spacial score (nSPS) is 9.56. The number of hydrogen-bond donors (Lipinski definition) is 0. The summed E-state index contributed by atoms with van der Waals surface area (Å²) in [5.74, 6) is -0.435. The molecule has 44 valence electrons. The topological polar surface area (TPSA) is 12.9 Å². The van der Waals surface area contributed by atoms with Gasteiger partial charge in [-0.3, -0.25) is 0 Å². The van der Waals surface area contributed by atoms with Crippen LogP contribution in [0.4, 0.5) is 4.39 Å². The number of nitrogens with zero attached hydrogens (tertiary/aromatic N) is 1. The van der Waals surface area contributed by atoms with Crippen LogP contribution in [0.1, 0.15) is 0 Å². The summed E-state index contributed by atoms with van der Waals surface area (Å²) in [6.45, 7) is 0. The first-order valence-electron chi connectivity index (χ1n) is 2.26. The predicted octanol–water partition coefficient (Wildman–Crippen LogP) is 0.777. The van der Waals surface area contributed by atoms with Gasteiger partial charge in [0.25, 0.3) is 0 Å². The standard InChI is InChI=1S/C5H2BBrFN/c6-3-1-4(8)5(7)9-2-3/h1-2H. The van der Waals surface area contributed by atoms with Crippen molar-refractivity contribution >= 4 is 29.2 Å². The summed E-state index contributed by atoms with van der Waals surface area (Å²) in [5.41, 5.74) is 0.329. The minimum atomic E-state index is -0.435. The number of halogens is 2. The van der Waals surface area contributed by atoms with E-state index < -0.39 is 5.82 Å². The zero-order valence-corrected chi connectivity index (χ0v) is 6.02. The van der Waals surface area contributed by atoms with Gasteiger partial charge in [-0.05, 0) is 22.0 Å². The van der Waals surface area contributed by atoms with Gasteiger partial charge in [-0.2, -0.15) is 0 Å². The van der Waals surface area contributed by atoms with Gasteiger partial charge in [0, 0.05) is 6.20 Å². The fourth-order valence-electron chi connectivity index (χ4n) is 0.436. The molecule has 0 saturated heterocycles. The molecular formula is C5H2BBrFN. The third-order valence-electron chi connectivity index (χ3n) is 0.817. The molecule has 1 rings (SSSR count). The lowest BCUT2D eigenvalue weighted by Crippen LogP contribution is -2.04. The van der Waals surface area contributed by atoms with Gasteiger partial charge in [0.05, 0.1) is 0 Å². The fourth-order valence-corrected chi connectivity index (χ4v) is 0.653. The lowest BCUT2D eigenvalue weighted by atomic mass is 9.99. The Morgan fingerprint density at radius 3 is 2.78 bits per heavy atom. The first-order valence-corrected chi connectivity index (χ1v) is 3.06. The zero-order chi connectivity index (χ0) is 6.85. The van der Waals surface area contributed by atoms with Crippen molar-refractivity contribution in [3.05, 3.63) is 22.7 Å². The van der Waals surface area contributed by atoms with E-state index in [1.165, 1.54) is 12.3 Å². The van der Waals surface area contributed by atoms with Crippen molar-refractivity contribution in [2.45, 2.75) is 0 Å². The highest BCUT2D eigenvalue weighted by atomic mass is 79.9. The van der Waals surface area contributed by atoms with E-state index in [0.717, 1.165) is 0 Å². The van der Waals surface area contributed by atoms with E-state index in [4.69, 9.17) is 7.85 Å². The van der Waals surface area contributed by atoms with Crippen molar-refractivity contribution in [3.63, 3.8) is 0 Å². The summed E-state index contributed by atoms with van der Waals surface area (Å²) in [7, 11) is 5.20. The van der Waals surface area contributed by atoms with Crippen LogP contribution >= 0.6 is 15.9 Å². The molecule has 1 aromatic rings. The molecule has 0 aliphatic carbocycles. The Bertz CT molecular complexity index is 228. The van der Waals surface area contributed by atoms with E-state index in [0.29, 0.717) is 5.46 Å². The van der Waals surface area contributed by atoms with Crippen LogP contribution in [0.3, 0.4) is 0 Å². The Morgan fingerprint density at radius 1 is 1.67 bits per heavy atom. The summed E-state index contributed by atoms with van der Waals surface area (Å²) in [5, 5.41) is 0. The van der Waals surface area contributed by atoms with Crippen LogP contribution in [0.5, 0.6) is 0 Å². The summed E-state index contributed by atoms with van der Waals surface area (Å²) in [6.07, 6.45) is 1.38. The van der Waals surface area contributed by atoms with Gasteiger partial charge in [0.1, 0.15) is 12.4 Å². The maximum atomic E-state index is 12.4. The van der Waals surface area contributed by atoms with E-state index in [1.54, 1.807) is 0 Å². The number of rotatable bonds is 0. The van der Waals surface area contributed by atoms with E-state index >= 15 is 0 Å². The highest BCUT2D eigenvalue weighted by Gasteiger charge is 1.96. The van der Waals surface area contributed by atoms with E-state index in [9.17, 15) is 4.39 Å². The molecule has 0 unspecified atom stereocenters. The number of aromatic nitrogens is 1. The van der Waals surface area contributed by atoms with Crippen LogP contribution in [-0.4, -0.2) is 12.8 Å². The molecule has 0 N–H and O–H groups in total. The van der Waals surface area contributed by atoms with Gasteiger partial charge in [-0.1, -0.05) is 5.46 Å². The largest absolute Gasteiger partial charge is 0.247 e. The lowest BCUT2D eigenvalue weighted by Gasteiger charge is -1.92. The van der Waals surface area contributed by atoms with Crippen LogP contribution in [0, 0.1) is 5.82 Å². The average Bonchev–Trinajstić information content (AvgIpc) is 1.80. The van der Waals surface area contributed by atoms with Crippen molar-refractivity contribution < 1.29 is 4.39 Å². The molecule has 0 bridgehead atoms. The van der Waals surface area contributed by atoms with Crippen molar-refractivity contribution in [2.24, 2.45) is 0 Å². The van der Waals surface area contributed by atoms with Gasteiger partial charge in [0.15, 0.2) is 5.82 Å². The number of hydrogen-bond acceptors (Lipinski definition) is 1. The van der Waals surface area contributed by atoms with Gasteiger partial charge < -0.3 is 0 Å². The Balaban J connectivity index is 3.17. The molecule has 0 saturated carbocycles. The molecule has 4 heteroatoms. The molecule has 9 heavy (non-hydrogen) atoms. The molecule has 1 heterocycles. The van der Waals surface area contributed by atoms with Crippen LogP contribution in [0.25, 0.3) is 0 Å². The SMILES string of the molecule is [B]c1cnc(Br)c(F)c1. The third kappa shape index (κ3) is 1.51. The Morgan fingerprint density at radius 2 is 2.33 bits per heavy atom. The van der Waals surface area contributed by atoms with Crippen molar-refractivity contribution in [2.75, 3.05) is 0 Å². The quantitative estimate of drug-likeness (QED) is 0.430. The molecule has 0 aromatic carbocycles. The molecule has 0 fully saturated rings. The lowest BCUT2D eigenvalue weighted by molar-refractivity contribution is 0.614. The monoisotopic (exact) mass is 185 g/mol. The first kappa shape index (κ1) is 6.74. The maximum Gasteiger partial charge on any atom is 0.155 e. The fraction of sp³-hybridized carbons (Fsp3) is 0. The Hall–Kier alpha value is -0.375. The highest BCUT2D eigenvalue weighted by Crippen LogP contribution is 2.07. The average molecular weight is 186 g/mol. The molecule has 2 radical (unpaired) electrons. The molecule has 0 amide bonds. The second-order valence-corrected chi connectivity index (χ2v) is 2.29. The van der Waals surface area contributed by atoms with Crippen molar-refractivity contribution in [1.82, 2.24) is 4.98 Å². The van der Waals surface area contributed by atoms with Gasteiger partial charge >= 0.3 is 0 Å². The molecule has 0 atom stereocenters. The minimum absolute atomic E-state index is 0.191. The molecule has 0 aliphatic rings. The van der Waals surface area contributed by atoms with Crippen LogP contribution < -0.4 is 5.46 Å². The van der Waals surface area contributed by atoms with Crippen molar-refractivity contribution in [1.29, 1.82) is 0 Å². The summed E-state index contributed by atoms with van der Waals surface area (Å²) < 4.78 is 12.6. The van der Waals surface area contributed by atoms with E-state index in [2.05, 4.69) is 20.9 Å². The molecule has 0 aliphatic heterocycles. The van der Waals surface area contributed by atoms with E-state index in [1.807, 2.05) is 0 Å². The third-order valence-corrected chi connectivity index (χ3v) is 1.40. The van der Waals surface area contributed by atoms with Crippen molar-refractivity contribution in [3.8, 4) is 0 Å². The first-order chi connectivity index (χ1) is 4.20. The summed E-state index contributed by atoms with van der Waals surface area (Å²) in [4.78, 5) is 3.59. The smallest absolute Gasteiger partial charge is 0.155 e. The number of pyridine rings is 1. The van der Waals surface area contributed by atoms with Gasteiger partial charge in [-0.15, -0.1) is 0 Å². The Kier molecular flexibility index (Phi) is 1.85. The van der Waals surface area contributed by atoms with E-state index in [-0.39, 0.29) is 4.60 Å². The molecular weight excluding hydrogens is 184 g/mol. The minimum Gasteiger partial charge on any atom is -0.247 e. The van der Waals surface area contributed by atoms with Gasteiger partial charge in [-0.25, -0.2) is 9.37 Å².